The van der Waals surface area contributed by atoms with E-state index in [4.69, 9.17) is 9.15 Å². The van der Waals surface area contributed by atoms with Crippen LogP contribution in [0, 0.1) is 16.7 Å². The number of amides is 1. The molecule has 2 aromatic carbocycles. The van der Waals surface area contributed by atoms with Crippen LogP contribution in [0.15, 0.2) is 51.7 Å². The highest BCUT2D eigenvalue weighted by molar-refractivity contribution is 5.82. The molecule has 4 rings (SSSR count). The minimum absolute atomic E-state index is 0.0395. The Morgan fingerprint density at radius 3 is 2.73 bits per heavy atom. The third kappa shape index (κ3) is 5.16. The van der Waals surface area contributed by atoms with E-state index >= 15 is 0 Å². The number of oxazole rings is 1. The van der Waals surface area contributed by atoms with Crippen LogP contribution in [0.25, 0.3) is 22.2 Å². The van der Waals surface area contributed by atoms with Gasteiger partial charge in [-0.05, 0) is 28.8 Å². The molecule has 1 amide bonds. The van der Waals surface area contributed by atoms with Gasteiger partial charge in [-0.25, -0.2) is 4.79 Å². The van der Waals surface area contributed by atoms with E-state index < -0.39 is 17.9 Å². The third-order valence-corrected chi connectivity index (χ3v) is 5.89. The van der Waals surface area contributed by atoms with Crippen LogP contribution < -0.4 is 16.4 Å². The predicted molar refractivity (Wildman–Crippen MR) is 125 cm³/mol. The lowest BCUT2D eigenvalue weighted by Crippen LogP contribution is -2.46. The van der Waals surface area contributed by atoms with Crippen LogP contribution in [0.1, 0.15) is 19.4 Å². The molecule has 1 fully saturated rings. The first-order valence-corrected chi connectivity index (χ1v) is 11.0. The maximum atomic E-state index is 12.6. The number of rotatable bonds is 5. The zero-order chi connectivity index (χ0) is 23.6. The SMILES string of the molecule is Cn1c(=O)oc2ccc(-c3ccc(C[C@@H](C#N)NC(=O)[C@@H]4CNCC(C)(C)CO4)cc3)cc21. The molecule has 0 unspecified atom stereocenters. The van der Waals surface area contributed by atoms with Gasteiger partial charge in [0.25, 0.3) is 5.91 Å². The number of nitriles is 1. The number of hydrogen-bond donors (Lipinski definition) is 2. The van der Waals surface area contributed by atoms with E-state index in [1.807, 2.05) is 36.4 Å². The van der Waals surface area contributed by atoms with Crippen LogP contribution in [-0.2, 0) is 23.0 Å². The van der Waals surface area contributed by atoms with E-state index in [9.17, 15) is 14.9 Å². The molecule has 1 aliphatic heterocycles. The lowest BCUT2D eigenvalue weighted by Gasteiger charge is -2.21. The minimum atomic E-state index is -0.653. The first-order chi connectivity index (χ1) is 15.8. The Labute approximate surface area is 192 Å². The molecule has 0 saturated carbocycles. The van der Waals surface area contributed by atoms with Crippen molar-refractivity contribution >= 4 is 17.0 Å². The van der Waals surface area contributed by atoms with E-state index in [2.05, 4.69) is 30.6 Å². The summed E-state index contributed by atoms with van der Waals surface area (Å²) < 4.78 is 12.4. The van der Waals surface area contributed by atoms with Crippen LogP contribution in [-0.4, -0.2) is 42.3 Å². The summed E-state index contributed by atoms with van der Waals surface area (Å²) in [6.45, 7) is 5.84. The topological polar surface area (TPSA) is 109 Å². The molecule has 0 radical (unpaired) electrons. The zero-order valence-corrected chi connectivity index (χ0v) is 19.1. The summed E-state index contributed by atoms with van der Waals surface area (Å²) in [6, 6.07) is 14.9. The second-order valence-electron chi connectivity index (χ2n) is 9.30. The van der Waals surface area contributed by atoms with Crippen molar-refractivity contribution in [3.05, 3.63) is 58.6 Å². The maximum absolute atomic E-state index is 12.6. The Bertz CT molecular complexity index is 1250. The molecule has 1 aromatic heterocycles. The molecule has 3 aromatic rings. The van der Waals surface area contributed by atoms with Crippen LogP contribution in [0.3, 0.4) is 0 Å². The molecular formula is C25H28N4O4. The average molecular weight is 449 g/mol. The average Bonchev–Trinajstić information content (AvgIpc) is 2.95. The predicted octanol–water partition coefficient (Wildman–Crippen LogP) is 2.36. The number of aromatic nitrogens is 1. The van der Waals surface area contributed by atoms with Gasteiger partial charge in [0.15, 0.2) is 5.58 Å². The Morgan fingerprint density at radius 2 is 2.00 bits per heavy atom. The Kier molecular flexibility index (Phi) is 6.36. The van der Waals surface area contributed by atoms with Gasteiger partial charge in [0.05, 0.1) is 18.2 Å². The van der Waals surface area contributed by atoms with Crippen molar-refractivity contribution in [3.63, 3.8) is 0 Å². The van der Waals surface area contributed by atoms with Gasteiger partial charge in [0, 0.05) is 32.0 Å². The lowest BCUT2D eigenvalue weighted by molar-refractivity contribution is -0.133. The van der Waals surface area contributed by atoms with Crippen LogP contribution in [0.5, 0.6) is 0 Å². The molecule has 2 atom stereocenters. The van der Waals surface area contributed by atoms with Crippen molar-refractivity contribution < 1.29 is 13.9 Å². The number of carbonyl (C=O) groups excluding carboxylic acids is 1. The zero-order valence-electron chi connectivity index (χ0n) is 19.1. The van der Waals surface area contributed by atoms with Crippen molar-refractivity contribution in [3.8, 4) is 17.2 Å². The summed E-state index contributed by atoms with van der Waals surface area (Å²) in [4.78, 5) is 24.4. The maximum Gasteiger partial charge on any atom is 0.419 e. The molecule has 1 saturated heterocycles. The number of nitrogens with one attached hydrogen (secondary N) is 2. The molecule has 0 aliphatic carbocycles. The molecule has 8 heteroatoms. The molecule has 1 aliphatic rings. The second-order valence-corrected chi connectivity index (χ2v) is 9.30. The first kappa shape index (κ1) is 22.8. The fraction of sp³-hybridized carbons (Fsp3) is 0.400. The van der Waals surface area contributed by atoms with Crippen molar-refractivity contribution in [2.45, 2.75) is 32.4 Å². The van der Waals surface area contributed by atoms with Crippen molar-refractivity contribution in [2.75, 3.05) is 19.7 Å². The monoisotopic (exact) mass is 448 g/mol. The van der Waals surface area contributed by atoms with Crippen LogP contribution >= 0.6 is 0 Å². The molecule has 0 bridgehead atoms. The van der Waals surface area contributed by atoms with Gasteiger partial charge < -0.3 is 19.8 Å². The highest BCUT2D eigenvalue weighted by Crippen LogP contribution is 2.24. The third-order valence-electron chi connectivity index (χ3n) is 5.89. The minimum Gasteiger partial charge on any atom is -0.408 e. The number of fused-ring (bicyclic) bond motifs is 1. The summed E-state index contributed by atoms with van der Waals surface area (Å²) in [7, 11) is 1.68. The highest BCUT2D eigenvalue weighted by atomic mass is 16.5. The quantitative estimate of drug-likeness (QED) is 0.620. The smallest absolute Gasteiger partial charge is 0.408 e. The second kappa shape index (κ2) is 9.22. The molecule has 33 heavy (non-hydrogen) atoms. The fourth-order valence-corrected chi connectivity index (χ4v) is 3.92. The van der Waals surface area contributed by atoms with Gasteiger partial charge in [-0.15, -0.1) is 0 Å². The van der Waals surface area contributed by atoms with E-state index in [0.717, 1.165) is 28.8 Å². The number of benzene rings is 2. The summed E-state index contributed by atoms with van der Waals surface area (Å²) >= 11 is 0. The van der Waals surface area contributed by atoms with E-state index in [-0.39, 0.29) is 11.3 Å². The molecule has 8 nitrogen and oxygen atoms in total. The number of hydrogen-bond acceptors (Lipinski definition) is 6. The number of nitrogens with zero attached hydrogens (tertiary/aromatic N) is 2. The normalized spacial score (nSPS) is 18.9. The van der Waals surface area contributed by atoms with E-state index in [1.165, 1.54) is 4.57 Å². The van der Waals surface area contributed by atoms with Crippen molar-refractivity contribution in [2.24, 2.45) is 12.5 Å². The van der Waals surface area contributed by atoms with Crippen molar-refractivity contribution in [1.82, 2.24) is 15.2 Å². The van der Waals surface area contributed by atoms with Gasteiger partial charge in [-0.2, -0.15) is 5.26 Å². The van der Waals surface area contributed by atoms with Crippen LogP contribution in [0.2, 0.25) is 0 Å². The van der Waals surface area contributed by atoms with Gasteiger partial charge in [0.2, 0.25) is 0 Å². The molecule has 2 N–H and O–H groups in total. The first-order valence-electron chi connectivity index (χ1n) is 11.0. The number of carbonyl (C=O) groups is 1. The lowest BCUT2D eigenvalue weighted by atomic mass is 9.95. The summed E-state index contributed by atoms with van der Waals surface area (Å²) in [6.07, 6.45) is -0.220. The van der Waals surface area contributed by atoms with Crippen molar-refractivity contribution in [1.29, 1.82) is 5.26 Å². The largest absolute Gasteiger partial charge is 0.419 e. The standard InChI is InChI=1S/C25H28N4O4/c1-25(2)14-27-13-22(32-15-25)23(30)28-19(12-26)10-16-4-6-17(7-5-16)18-8-9-21-20(11-18)29(3)24(31)33-21/h4-9,11,19,22,27H,10,13-15H2,1-3H3,(H,28,30)/t19-,22-/m0/s1. The number of ether oxygens (including phenoxy) is 1. The molecule has 0 spiro atoms. The summed E-state index contributed by atoms with van der Waals surface area (Å²) in [5, 5.41) is 15.6. The molecule has 2 heterocycles. The van der Waals surface area contributed by atoms with Gasteiger partial charge in [-0.1, -0.05) is 44.2 Å². The van der Waals surface area contributed by atoms with Gasteiger partial charge in [0.1, 0.15) is 12.1 Å². The van der Waals surface area contributed by atoms with Gasteiger partial charge in [-0.3, -0.25) is 9.36 Å². The number of aryl methyl sites for hydroxylation is 1. The van der Waals surface area contributed by atoms with Crippen LogP contribution in [0.4, 0.5) is 0 Å². The van der Waals surface area contributed by atoms with E-state index in [1.54, 1.807) is 13.1 Å². The van der Waals surface area contributed by atoms with E-state index in [0.29, 0.717) is 25.2 Å². The Morgan fingerprint density at radius 1 is 1.27 bits per heavy atom. The fourth-order valence-electron chi connectivity index (χ4n) is 3.92. The Balaban J connectivity index is 1.41. The summed E-state index contributed by atoms with van der Waals surface area (Å²) in [5.41, 5.74) is 4.11. The van der Waals surface area contributed by atoms with Gasteiger partial charge >= 0.3 is 5.76 Å². The Hall–Kier alpha value is -3.41. The molecular weight excluding hydrogens is 420 g/mol. The molecule has 172 valence electrons. The highest BCUT2D eigenvalue weighted by Gasteiger charge is 2.29. The summed E-state index contributed by atoms with van der Waals surface area (Å²) in [5.74, 6) is -0.668.